The Kier molecular flexibility index (Phi) is 4.62. The van der Waals surface area contributed by atoms with Gasteiger partial charge in [-0.25, -0.2) is 13.2 Å². The molecule has 2 aromatic carbocycles. The fourth-order valence-electron chi connectivity index (χ4n) is 1.63. The van der Waals surface area contributed by atoms with Gasteiger partial charge in [0.15, 0.2) is 5.75 Å². The Bertz CT molecular complexity index is 798. The molecule has 0 saturated heterocycles. The quantitative estimate of drug-likeness (QED) is 0.523. The maximum absolute atomic E-state index is 12.3. The molecule has 2 rings (SSSR count). The van der Waals surface area contributed by atoms with Crippen LogP contribution in [0, 0.1) is 0 Å². The Morgan fingerprint density at radius 3 is 2.27 bits per heavy atom. The van der Waals surface area contributed by atoms with E-state index in [1.54, 1.807) is 30.3 Å². The monoisotopic (exact) mass is 317 g/mol. The van der Waals surface area contributed by atoms with Gasteiger partial charge in [0.2, 0.25) is 0 Å². The van der Waals surface area contributed by atoms with Crippen LogP contribution in [0.25, 0.3) is 0 Å². The largest absolute Gasteiger partial charge is 0.421 e. The van der Waals surface area contributed by atoms with Crippen molar-refractivity contribution in [2.75, 3.05) is 4.72 Å². The van der Waals surface area contributed by atoms with Gasteiger partial charge in [0.1, 0.15) is 0 Å². The minimum Gasteiger partial charge on any atom is -0.421 e. The molecule has 114 valence electrons. The third kappa shape index (κ3) is 3.73. The second kappa shape index (κ2) is 6.44. The Labute approximate surface area is 129 Å². The molecule has 0 fully saturated rings. The van der Waals surface area contributed by atoms with Crippen molar-refractivity contribution in [3.63, 3.8) is 0 Å². The number of hydrogen-bond donors (Lipinski definition) is 1. The van der Waals surface area contributed by atoms with E-state index in [0.717, 1.165) is 0 Å². The first-order valence-corrected chi connectivity index (χ1v) is 7.93. The highest BCUT2D eigenvalue weighted by molar-refractivity contribution is 7.92. The molecule has 2 aromatic rings. The number of ether oxygens (including phenoxy) is 1. The minimum absolute atomic E-state index is 0.120. The number of carbonyl (C=O) groups excluding carboxylic acids is 1. The molecule has 0 aliphatic rings. The standard InChI is InChI=1S/C16H15NO4S/c1-12(2)16(18)21-15-11-7-6-10-14(15)17-22(19,20)13-8-4-3-5-9-13/h3-11,17H,1H2,2H3. The fraction of sp³-hybridized carbons (Fsp3) is 0.0625. The predicted molar refractivity (Wildman–Crippen MR) is 84.1 cm³/mol. The molecule has 0 aromatic heterocycles. The van der Waals surface area contributed by atoms with Crippen molar-refractivity contribution in [3.8, 4) is 5.75 Å². The predicted octanol–water partition coefficient (Wildman–Crippen LogP) is 2.97. The summed E-state index contributed by atoms with van der Waals surface area (Å²) in [6.07, 6.45) is 0. The number of esters is 1. The molecule has 0 spiro atoms. The highest BCUT2D eigenvalue weighted by Crippen LogP contribution is 2.27. The van der Waals surface area contributed by atoms with Crippen molar-refractivity contribution < 1.29 is 17.9 Å². The van der Waals surface area contributed by atoms with Crippen LogP contribution in [0.5, 0.6) is 5.75 Å². The van der Waals surface area contributed by atoms with E-state index in [2.05, 4.69) is 11.3 Å². The SMILES string of the molecule is C=C(C)C(=O)Oc1ccccc1NS(=O)(=O)c1ccccc1. The first kappa shape index (κ1) is 15.8. The highest BCUT2D eigenvalue weighted by atomic mass is 32.2. The zero-order valence-corrected chi connectivity index (χ0v) is 12.8. The van der Waals surface area contributed by atoms with Crippen molar-refractivity contribution in [1.82, 2.24) is 0 Å². The van der Waals surface area contributed by atoms with Crippen LogP contribution in [0.2, 0.25) is 0 Å². The third-order valence-corrected chi connectivity index (χ3v) is 4.12. The molecule has 0 heterocycles. The topological polar surface area (TPSA) is 72.5 Å². The maximum Gasteiger partial charge on any atom is 0.338 e. The maximum atomic E-state index is 12.3. The first-order valence-electron chi connectivity index (χ1n) is 6.45. The van der Waals surface area contributed by atoms with Crippen LogP contribution in [0.15, 0.2) is 71.6 Å². The van der Waals surface area contributed by atoms with E-state index in [-0.39, 0.29) is 21.9 Å². The van der Waals surface area contributed by atoms with Gasteiger partial charge >= 0.3 is 5.97 Å². The number of rotatable bonds is 5. The molecule has 22 heavy (non-hydrogen) atoms. The number of nitrogens with one attached hydrogen (secondary N) is 1. The minimum atomic E-state index is -3.76. The summed E-state index contributed by atoms with van der Waals surface area (Å²) in [5, 5.41) is 0. The summed E-state index contributed by atoms with van der Waals surface area (Å²) in [6.45, 7) is 5.00. The molecule has 0 unspecified atom stereocenters. The fourth-order valence-corrected chi connectivity index (χ4v) is 2.72. The molecular formula is C16H15NO4S. The van der Waals surface area contributed by atoms with E-state index in [1.165, 1.54) is 31.2 Å². The van der Waals surface area contributed by atoms with Gasteiger partial charge in [-0.1, -0.05) is 36.9 Å². The molecule has 0 radical (unpaired) electrons. The molecular weight excluding hydrogens is 302 g/mol. The van der Waals surface area contributed by atoms with Crippen LogP contribution < -0.4 is 9.46 Å². The molecule has 6 heteroatoms. The molecule has 0 saturated carbocycles. The van der Waals surface area contributed by atoms with Gasteiger partial charge in [-0.2, -0.15) is 0 Å². The van der Waals surface area contributed by atoms with E-state index in [0.29, 0.717) is 0 Å². The lowest BCUT2D eigenvalue weighted by molar-refractivity contribution is -0.130. The first-order chi connectivity index (χ1) is 10.4. The van der Waals surface area contributed by atoms with Gasteiger partial charge in [-0.05, 0) is 31.2 Å². The van der Waals surface area contributed by atoms with Crippen LogP contribution in [-0.2, 0) is 14.8 Å². The average molecular weight is 317 g/mol. The lowest BCUT2D eigenvalue weighted by Crippen LogP contribution is -2.15. The van der Waals surface area contributed by atoms with Crippen LogP contribution in [0.4, 0.5) is 5.69 Å². The van der Waals surface area contributed by atoms with Crippen LogP contribution in [0.3, 0.4) is 0 Å². The molecule has 1 N–H and O–H groups in total. The van der Waals surface area contributed by atoms with Crippen LogP contribution in [0.1, 0.15) is 6.92 Å². The number of para-hydroxylation sites is 2. The van der Waals surface area contributed by atoms with Crippen LogP contribution >= 0.6 is 0 Å². The van der Waals surface area contributed by atoms with Crippen LogP contribution in [-0.4, -0.2) is 14.4 Å². The summed E-state index contributed by atoms with van der Waals surface area (Å²) < 4.78 is 32.1. The Morgan fingerprint density at radius 1 is 1.05 bits per heavy atom. The summed E-state index contributed by atoms with van der Waals surface area (Å²) in [5.41, 5.74) is 0.404. The van der Waals surface area contributed by atoms with Gasteiger partial charge in [-0.15, -0.1) is 0 Å². The van der Waals surface area contributed by atoms with E-state index in [9.17, 15) is 13.2 Å². The smallest absolute Gasteiger partial charge is 0.338 e. The number of carbonyl (C=O) groups is 1. The van der Waals surface area contributed by atoms with E-state index >= 15 is 0 Å². The van der Waals surface area contributed by atoms with E-state index in [1.807, 2.05) is 0 Å². The number of sulfonamides is 1. The molecule has 5 nitrogen and oxygen atoms in total. The Morgan fingerprint density at radius 2 is 1.64 bits per heavy atom. The Balaban J connectivity index is 2.31. The van der Waals surface area contributed by atoms with Crippen molar-refractivity contribution in [2.24, 2.45) is 0 Å². The molecule has 0 aliphatic carbocycles. The summed E-state index contributed by atoms with van der Waals surface area (Å²) >= 11 is 0. The average Bonchev–Trinajstić information content (AvgIpc) is 2.49. The van der Waals surface area contributed by atoms with E-state index < -0.39 is 16.0 Å². The van der Waals surface area contributed by atoms with Crippen molar-refractivity contribution in [1.29, 1.82) is 0 Å². The summed E-state index contributed by atoms with van der Waals surface area (Å²) in [5.74, 6) is -0.499. The Hall–Kier alpha value is -2.60. The van der Waals surface area contributed by atoms with Gasteiger partial charge in [-0.3, -0.25) is 4.72 Å². The van der Waals surface area contributed by atoms with Crippen molar-refractivity contribution in [2.45, 2.75) is 11.8 Å². The zero-order chi connectivity index (χ0) is 16.2. The van der Waals surface area contributed by atoms with Gasteiger partial charge in [0.05, 0.1) is 10.6 Å². The molecule has 0 bridgehead atoms. The number of anilines is 1. The molecule has 0 amide bonds. The summed E-state index contributed by atoms with van der Waals surface area (Å²) in [6, 6.07) is 14.2. The molecule has 0 atom stereocenters. The highest BCUT2D eigenvalue weighted by Gasteiger charge is 2.17. The van der Waals surface area contributed by atoms with Crippen molar-refractivity contribution in [3.05, 3.63) is 66.7 Å². The molecule has 0 aliphatic heterocycles. The van der Waals surface area contributed by atoms with Gasteiger partial charge < -0.3 is 4.74 Å². The van der Waals surface area contributed by atoms with Gasteiger partial charge in [0, 0.05) is 5.57 Å². The van der Waals surface area contributed by atoms with Crippen molar-refractivity contribution >= 4 is 21.7 Å². The second-order valence-electron chi connectivity index (χ2n) is 4.58. The number of hydrogen-bond acceptors (Lipinski definition) is 4. The zero-order valence-electron chi connectivity index (χ0n) is 11.9. The summed E-state index contributed by atoms with van der Waals surface area (Å²) in [4.78, 5) is 11.7. The second-order valence-corrected chi connectivity index (χ2v) is 6.27. The summed E-state index contributed by atoms with van der Waals surface area (Å²) in [7, 11) is -3.76. The normalized spacial score (nSPS) is 10.8. The third-order valence-electron chi connectivity index (χ3n) is 2.74. The van der Waals surface area contributed by atoms with Gasteiger partial charge in [0.25, 0.3) is 10.0 Å². The lowest BCUT2D eigenvalue weighted by atomic mass is 10.3. The number of benzene rings is 2. The lowest BCUT2D eigenvalue weighted by Gasteiger charge is -2.12. The van der Waals surface area contributed by atoms with E-state index in [4.69, 9.17) is 4.74 Å².